The molecule has 5 heteroatoms. The highest BCUT2D eigenvalue weighted by atomic mass is 31.2. The number of carbonyl (C=O) groups is 1. The number of hydrogen-bond donors (Lipinski definition) is 1. The largest absolute Gasteiger partial charge is 0.457 e. The van der Waals surface area contributed by atoms with Crippen LogP contribution in [0.4, 0.5) is 0 Å². The monoisotopic (exact) mass is 461 g/mol. The first-order chi connectivity index (χ1) is 16.1. The Morgan fingerprint density at radius 2 is 1.42 bits per heavy atom. The number of hydrogen-bond acceptors (Lipinski definition) is 3. The van der Waals surface area contributed by atoms with Crippen LogP contribution in [0.3, 0.4) is 0 Å². The van der Waals surface area contributed by atoms with Crippen LogP contribution in [-0.2, 0) is 20.7 Å². The van der Waals surface area contributed by atoms with Crippen LogP contribution >= 0.6 is 7.29 Å². The predicted molar refractivity (Wildman–Crippen MR) is 136 cm³/mol. The maximum atomic E-state index is 14.5. The number of allylic oxidation sites excluding steroid dienone is 1. The first-order valence-electron chi connectivity index (χ1n) is 11.4. The molecule has 0 aromatic heterocycles. The van der Waals surface area contributed by atoms with Gasteiger partial charge < -0.3 is 4.74 Å². The second-order valence-electron chi connectivity index (χ2n) is 7.91. The summed E-state index contributed by atoms with van der Waals surface area (Å²) >= 11 is 0. The summed E-state index contributed by atoms with van der Waals surface area (Å²) in [7, 11) is -3.20. The highest BCUT2D eigenvalue weighted by molar-refractivity contribution is 7.77. The van der Waals surface area contributed by atoms with Crippen molar-refractivity contribution in [3.8, 4) is 0 Å². The van der Waals surface area contributed by atoms with Gasteiger partial charge in [0.15, 0.2) is 0 Å². The molecule has 0 saturated heterocycles. The molecular formula is C28H32NO3P. The Kier molecular flexibility index (Phi) is 9.24. The SMILES string of the molecule is C/C=C(/C(=O)OCc1ccccc1)C(CCCC)NP(=O)(c1ccccc1)c1ccccc1. The minimum absolute atomic E-state index is 0.201. The fraction of sp³-hybridized carbons (Fsp3) is 0.250. The van der Waals surface area contributed by atoms with Crippen LogP contribution in [0.15, 0.2) is 103 Å². The molecule has 1 atom stereocenters. The molecule has 0 fully saturated rings. The summed E-state index contributed by atoms with van der Waals surface area (Å²) in [5.74, 6) is -0.386. The van der Waals surface area contributed by atoms with Crippen LogP contribution < -0.4 is 15.7 Å². The molecular weight excluding hydrogens is 429 g/mol. The van der Waals surface area contributed by atoms with Crippen LogP contribution in [-0.4, -0.2) is 12.0 Å². The number of ether oxygens (including phenoxy) is 1. The zero-order valence-electron chi connectivity index (χ0n) is 19.3. The lowest BCUT2D eigenvalue weighted by molar-refractivity contribution is -0.140. The Labute approximate surface area is 197 Å². The van der Waals surface area contributed by atoms with Crippen LogP contribution in [0.5, 0.6) is 0 Å². The Balaban J connectivity index is 1.90. The average molecular weight is 462 g/mol. The smallest absolute Gasteiger partial charge is 0.335 e. The molecule has 3 aromatic carbocycles. The van der Waals surface area contributed by atoms with E-state index in [0.29, 0.717) is 22.6 Å². The maximum Gasteiger partial charge on any atom is 0.335 e. The number of unbranched alkanes of at least 4 members (excludes halogenated alkanes) is 1. The zero-order valence-corrected chi connectivity index (χ0v) is 20.2. The molecule has 0 heterocycles. The number of carbonyl (C=O) groups excluding carboxylic acids is 1. The molecule has 1 N–H and O–H groups in total. The first-order valence-corrected chi connectivity index (χ1v) is 13.2. The lowest BCUT2D eigenvalue weighted by Gasteiger charge is -2.28. The number of nitrogens with one attached hydrogen (secondary N) is 1. The molecule has 4 nitrogen and oxygen atoms in total. The summed E-state index contributed by atoms with van der Waals surface area (Å²) in [5, 5.41) is 4.84. The lowest BCUT2D eigenvalue weighted by Crippen LogP contribution is -2.38. The second kappa shape index (κ2) is 12.3. The van der Waals surface area contributed by atoms with Crippen molar-refractivity contribution in [1.29, 1.82) is 0 Å². The summed E-state index contributed by atoms with van der Waals surface area (Å²) in [6.45, 7) is 4.14. The van der Waals surface area contributed by atoms with Crippen molar-refractivity contribution >= 4 is 23.9 Å². The van der Waals surface area contributed by atoms with Crippen LogP contribution in [0.2, 0.25) is 0 Å². The van der Waals surface area contributed by atoms with Gasteiger partial charge in [-0.1, -0.05) is 92.6 Å². The molecule has 33 heavy (non-hydrogen) atoms. The first kappa shape index (κ1) is 24.7. The molecule has 0 radical (unpaired) electrons. The third-order valence-electron chi connectivity index (χ3n) is 5.56. The molecule has 0 amide bonds. The van der Waals surface area contributed by atoms with Crippen molar-refractivity contribution in [3.63, 3.8) is 0 Å². The van der Waals surface area contributed by atoms with Gasteiger partial charge in [0.1, 0.15) is 6.61 Å². The Bertz CT molecular complexity index is 1040. The molecule has 0 aliphatic carbocycles. The van der Waals surface area contributed by atoms with Gasteiger partial charge in [-0.05, 0) is 43.2 Å². The van der Waals surface area contributed by atoms with E-state index in [1.165, 1.54) is 0 Å². The quantitative estimate of drug-likeness (QED) is 0.224. The molecule has 1 unspecified atom stereocenters. The van der Waals surface area contributed by atoms with E-state index in [-0.39, 0.29) is 12.6 Å². The molecule has 0 aliphatic rings. The summed E-state index contributed by atoms with van der Waals surface area (Å²) in [6.07, 6.45) is 4.32. The van der Waals surface area contributed by atoms with E-state index in [1.54, 1.807) is 6.08 Å². The van der Waals surface area contributed by atoms with Gasteiger partial charge in [0.25, 0.3) is 0 Å². The van der Waals surface area contributed by atoms with Gasteiger partial charge in [-0.3, -0.25) is 9.65 Å². The van der Waals surface area contributed by atoms with Gasteiger partial charge in [0.2, 0.25) is 7.29 Å². The number of esters is 1. The topological polar surface area (TPSA) is 55.4 Å². The fourth-order valence-electron chi connectivity index (χ4n) is 3.76. The third-order valence-corrected chi connectivity index (χ3v) is 8.28. The van der Waals surface area contributed by atoms with E-state index in [4.69, 9.17) is 4.74 Å². The number of benzene rings is 3. The van der Waals surface area contributed by atoms with Crippen molar-refractivity contribution < 1.29 is 14.1 Å². The molecule has 0 saturated carbocycles. The van der Waals surface area contributed by atoms with Crippen molar-refractivity contribution in [3.05, 3.63) is 108 Å². The summed E-state index contributed by atoms with van der Waals surface area (Å²) < 4.78 is 20.2. The van der Waals surface area contributed by atoms with Gasteiger partial charge in [-0.2, -0.15) is 0 Å². The van der Waals surface area contributed by atoms with E-state index in [0.717, 1.165) is 18.4 Å². The standard InChI is InChI=1S/C28H32NO3P/c1-3-5-21-27(26(4-2)28(30)32-22-23-15-9-6-10-16-23)29-33(31,24-17-11-7-12-18-24)25-19-13-8-14-20-25/h4,6-20,27H,3,5,21-22H2,1-2H3,(H,29,31)/b26-4+. The Morgan fingerprint density at radius 3 is 1.91 bits per heavy atom. The molecule has 172 valence electrons. The highest BCUT2D eigenvalue weighted by Gasteiger charge is 2.33. The van der Waals surface area contributed by atoms with Crippen LogP contribution in [0, 0.1) is 0 Å². The summed E-state index contributed by atoms with van der Waals surface area (Å²) in [6, 6.07) is 28.1. The number of rotatable bonds is 11. The minimum Gasteiger partial charge on any atom is -0.457 e. The molecule has 0 spiro atoms. The average Bonchev–Trinajstić information content (AvgIpc) is 2.88. The predicted octanol–water partition coefficient (Wildman–Crippen LogP) is 5.75. The maximum absolute atomic E-state index is 14.5. The van der Waals surface area contributed by atoms with Crippen molar-refractivity contribution in [2.45, 2.75) is 45.8 Å². The van der Waals surface area contributed by atoms with Gasteiger partial charge >= 0.3 is 5.97 Å². The van der Waals surface area contributed by atoms with E-state index >= 15 is 0 Å². The van der Waals surface area contributed by atoms with Gasteiger partial charge in [-0.25, -0.2) is 4.79 Å². The Morgan fingerprint density at radius 1 is 0.909 bits per heavy atom. The highest BCUT2D eigenvalue weighted by Crippen LogP contribution is 2.40. The van der Waals surface area contributed by atoms with Gasteiger partial charge in [-0.15, -0.1) is 0 Å². The van der Waals surface area contributed by atoms with E-state index in [9.17, 15) is 9.36 Å². The van der Waals surface area contributed by atoms with E-state index in [1.807, 2.05) is 97.9 Å². The minimum atomic E-state index is -3.20. The normalized spacial score (nSPS) is 12.8. The summed E-state index contributed by atoms with van der Waals surface area (Å²) in [5.41, 5.74) is 1.44. The third kappa shape index (κ3) is 6.54. The molecule has 3 rings (SSSR count). The fourth-order valence-corrected chi connectivity index (χ4v) is 6.25. The molecule has 0 bridgehead atoms. The zero-order chi connectivity index (χ0) is 23.5. The van der Waals surface area contributed by atoms with E-state index in [2.05, 4.69) is 12.0 Å². The van der Waals surface area contributed by atoms with Crippen LogP contribution in [0.1, 0.15) is 38.7 Å². The van der Waals surface area contributed by atoms with Gasteiger partial charge in [0.05, 0.1) is 5.57 Å². The van der Waals surface area contributed by atoms with Crippen LogP contribution in [0.25, 0.3) is 0 Å². The molecule has 0 aliphatic heterocycles. The Hall–Kier alpha value is -2.94. The van der Waals surface area contributed by atoms with Gasteiger partial charge in [0, 0.05) is 16.7 Å². The molecule has 3 aromatic rings. The van der Waals surface area contributed by atoms with E-state index < -0.39 is 13.3 Å². The second-order valence-corrected chi connectivity index (χ2v) is 10.4. The van der Waals surface area contributed by atoms with Crippen molar-refractivity contribution in [2.75, 3.05) is 0 Å². The summed E-state index contributed by atoms with van der Waals surface area (Å²) in [4.78, 5) is 13.1. The van der Waals surface area contributed by atoms with Crippen molar-refractivity contribution in [1.82, 2.24) is 5.09 Å². The van der Waals surface area contributed by atoms with Crippen molar-refractivity contribution in [2.24, 2.45) is 0 Å². The lowest BCUT2D eigenvalue weighted by atomic mass is 10.0.